The number of nitrogens with zero attached hydrogens (tertiary/aromatic N) is 1. The number of ether oxygens (including phenoxy) is 1. The van der Waals surface area contributed by atoms with Crippen LogP contribution in [0.1, 0.15) is 15.9 Å². The fourth-order valence-electron chi connectivity index (χ4n) is 2.93. The second kappa shape index (κ2) is 9.61. The maximum absolute atomic E-state index is 13.3. The smallest absolute Gasteiger partial charge is 0.337 e. The predicted molar refractivity (Wildman–Crippen MR) is 119 cm³/mol. The summed E-state index contributed by atoms with van der Waals surface area (Å²) in [5, 5.41) is 2.59. The largest absolute Gasteiger partial charge is 0.465 e. The molecule has 0 spiro atoms. The van der Waals surface area contributed by atoms with Crippen molar-refractivity contribution in [3.05, 3.63) is 89.7 Å². The van der Waals surface area contributed by atoms with Crippen LogP contribution in [0.3, 0.4) is 0 Å². The first-order valence-electron chi connectivity index (χ1n) is 9.54. The molecule has 0 saturated heterocycles. The number of amides is 1. The van der Waals surface area contributed by atoms with Gasteiger partial charge in [-0.15, -0.1) is 0 Å². The van der Waals surface area contributed by atoms with Gasteiger partial charge in [-0.05, 0) is 61.5 Å². The van der Waals surface area contributed by atoms with Crippen LogP contribution in [0.25, 0.3) is 0 Å². The molecule has 0 unspecified atom stereocenters. The highest BCUT2D eigenvalue weighted by atomic mass is 32.2. The molecule has 0 aliphatic heterocycles. The second-order valence-corrected chi connectivity index (χ2v) is 8.78. The Balaban J connectivity index is 1.91. The maximum atomic E-state index is 13.3. The van der Waals surface area contributed by atoms with Crippen molar-refractivity contribution >= 4 is 33.3 Å². The van der Waals surface area contributed by atoms with E-state index in [1.807, 2.05) is 6.92 Å². The number of aryl methyl sites for hydroxylation is 1. The zero-order chi connectivity index (χ0) is 23.3. The standard InChI is InChI=1S/C23H21FN2O5S/c1-16-6-10-20(11-7-16)26(32(29,30)21-12-8-18(24)9-13-21)15-22(27)25-19-5-3-4-17(14-19)23(28)31-2/h3-14H,15H2,1-2H3,(H,25,27). The molecule has 0 atom stereocenters. The minimum absolute atomic E-state index is 0.153. The van der Waals surface area contributed by atoms with Gasteiger partial charge < -0.3 is 10.1 Å². The molecule has 0 saturated carbocycles. The Hall–Kier alpha value is -3.72. The lowest BCUT2D eigenvalue weighted by Gasteiger charge is -2.24. The van der Waals surface area contributed by atoms with Crippen molar-refractivity contribution in [2.24, 2.45) is 0 Å². The van der Waals surface area contributed by atoms with E-state index in [4.69, 9.17) is 0 Å². The maximum Gasteiger partial charge on any atom is 0.337 e. The quantitative estimate of drug-likeness (QED) is 0.547. The molecule has 166 valence electrons. The molecule has 1 N–H and O–H groups in total. The number of carbonyl (C=O) groups excluding carboxylic acids is 2. The summed E-state index contributed by atoms with van der Waals surface area (Å²) in [5.41, 5.74) is 1.73. The number of halogens is 1. The van der Waals surface area contributed by atoms with E-state index in [1.165, 1.54) is 19.2 Å². The molecule has 0 heterocycles. The van der Waals surface area contributed by atoms with Crippen LogP contribution in [0, 0.1) is 12.7 Å². The van der Waals surface area contributed by atoms with Gasteiger partial charge in [0.05, 0.1) is 23.3 Å². The first kappa shape index (κ1) is 23.0. The minimum atomic E-state index is -4.16. The van der Waals surface area contributed by atoms with E-state index >= 15 is 0 Å². The number of hydrogen-bond acceptors (Lipinski definition) is 5. The molecular weight excluding hydrogens is 435 g/mol. The third kappa shape index (κ3) is 5.30. The van der Waals surface area contributed by atoms with Crippen molar-refractivity contribution < 1.29 is 27.1 Å². The van der Waals surface area contributed by atoms with Gasteiger partial charge in [-0.2, -0.15) is 0 Å². The first-order chi connectivity index (χ1) is 15.2. The third-order valence-corrected chi connectivity index (χ3v) is 6.37. The molecular formula is C23H21FN2O5S. The van der Waals surface area contributed by atoms with E-state index in [0.717, 1.165) is 34.1 Å². The number of nitrogens with one attached hydrogen (secondary N) is 1. The minimum Gasteiger partial charge on any atom is -0.465 e. The fraction of sp³-hybridized carbons (Fsp3) is 0.130. The normalized spacial score (nSPS) is 11.0. The van der Waals surface area contributed by atoms with Gasteiger partial charge in [0.25, 0.3) is 10.0 Å². The van der Waals surface area contributed by atoms with Crippen molar-refractivity contribution in [2.45, 2.75) is 11.8 Å². The molecule has 9 heteroatoms. The van der Waals surface area contributed by atoms with Gasteiger partial charge >= 0.3 is 5.97 Å². The highest BCUT2D eigenvalue weighted by molar-refractivity contribution is 7.92. The Kier molecular flexibility index (Phi) is 6.89. The van der Waals surface area contributed by atoms with E-state index in [9.17, 15) is 22.4 Å². The Labute approximate surface area is 185 Å². The number of methoxy groups -OCH3 is 1. The summed E-state index contributed by atoms with van der Waals surface area (Å²) in [4.78, 5) is 24.3. The van der Waals surface area contributed by atoms with Crippen LogP contribution in [0.4, 0.5) is 15.8 Å². The van der Waals surface area contributed by atoms with Crippen LogP contribution < -0.4 is 9.62 Å². The topological polar surface area (TPSA) is 92.8 Å². The van der Waals surface area contributed by atoms with Crippen LogP contribution in [-0.2, 0) is 19.6 Å². The monoisotopic (exact) mass is 456 g/mol. The van der Waals surface area contributed by atoms with Gasteiger partial charge in [0.15, 0.2) is 0 Å². The van der Waals surface area contributed by atoms with Crippen molar-refractivity contribution in [2.75, 3.05) is 23.3 Å². The zero-order valence-corrected chi connectivity index (χ0v) is 18.2. The molecule has 3 aromatic rings. The van der Waals surface area contributed by atoms with Crippen molar-refractivity contribution in [1.82, 2.24) is 0 Å². The highest BCUT2D eigenvalue weighted by Crippen LogP contribution is 2.24. The number of sulfonamides is 1. The van der Waals surface area contributed by atoms with Gasteiger partial charge in [-0.3, -0.25) is 9.10 Å². The number of esters is 1. The van der Waals surface area contributed by atoms with Gasteiger partial charge in [0.1, 0.15) is 12.4 Å². The van der Waals surface area contributed by atoms with Crippen LogP contribution in [0.2, 0.25) is 0 Å². The highest BCUT2D eigenvalue weighted by Gasteiger charge is 2.27. The molecule has 0 bridgehead atoms. The Morgan fingerprint density at radius 1 is 1.00 bits per heavy atom. The molecule has 0 aromatic heterocycles. The predicted octanol–water partition coefficient (Wildman–Crippen LogP) is 3.75. The summed E-state index contributed by atoms with van der Waals surface area (Å²) < 4.78 is 45.4. The molecule has 1 amide bonds. The van der Waals surface area contributed by atoms with Crippen molar-refractivity contribution in [3.63, 3.8) is 0 Å². The van der Waals surface area contributed by atoms with Gasteiger partial charge in [0.2, 0.25) is 5.91 Å². The zero-order valence-electron chi connectivity index (χ0n) is 17.4. The van der Waals surface area contributed by atoms with Gasteiger partial charge in [0, 0.05) is 5.69 Å². The molecule has 7 nitrogen and oxygen atoms in total. The Morgan fingerprint density at radius 2 is 1.66 bits per heavy atom. The van der Waals surface area contributed by atoms with Crippen LogP contribution >= 0.6 is 0 Å². The Morgan fingerprint density at radius 3 is 2.28 bits per heavy atom. The van der Waals surface area contributed by atoms with Gasteiger partial charge in [-0.1, -0.05) is 23.8 Å². The second-order valence-electron chi connectivity index (χ2n) is 6.92. The van der Waals surface area contributed by atoms with E-state index in [-0.39, 0.29) is 16.1 Å². The summed E-state index contributed by atoms with van der Waals surface area (Å²) in [6.45, 7) is 1.31. The SMILES string of the molecule is COC(=O)c1cccc(NC(=O)CN(c2ccc(C)cc2)S(=O)(=O)c2ccc(F)cc2)c1. The van der Waals surface area contributed by atoms with Crippen LogP contribution in [-0.4, -0.2) is 33.9 Å². The molecule has 32 heavy (non-hydrogen) atoms. The number of carbonyl (C=O) groups is 2. The lowest BCUT2D eigenvalue weighted by Crippen LogP contribution is -2.38. The first-order valence-corrected chi connectivity index (χ1v) is 11.0. The molecule has 0 radical (unpaired) electrons. The molecule has 3 rings (SSSR count). The average molecular weight is 456 g/mol. The van der Waals surface area contributed by atoms with E-state index < -0.39 is 34.3 Å². The van der Waals surface area contributed by atoms with Crippen LogP contribution in [0.15, 0.2) is 77.7 Å². The number of anilines is 2. The number of hydrogen-bond donors (Lipinski definition) is 1. The lowest BCUT2D eigenvalue weighted by molar-refractivity contribution is -0.114. The summed E-state index contributed by atoms with van der Waals surface area (Å²) in [6, 6.07) is 17.1. The number of benzene rings is 3. The lowest BCUT2D eigenvalue weighted by atomic mass is 10.2. The number of rotatable bonds is 7. The Bertz CT molecular complexity index is 1230. The summed E-state index contributed by atoms with van der Waals surface area (Å²) in [6.07, 6.45) is 0. The summed E-state index contributed by atoms with van der Waals surface area (Å²) in [7, 11) is -2.92. The fourth-order valence-corrected chi connectivity index (χ4v) is 4.35. The van der Waals surface area contributed by atoms with Crippen molar-refractivity contribution in [1.29, 1.82) is 0 Å². The summed E-state index contributed by atoms with van der Waals surface area (Å²) >= 11 is 0. The molecule has 3 aromatic carbocycles. The average Bonchev–Trinajstić information content (AvgIpc) is 2.78. The molecule has 0 aliphatic rings. The van der Waals surface area contributed by atoms with Crippen molar-refractivity contribution in [3.8, 4) is 0 Å². The van der Waals surface area contributed by atoms with E-state index in [2.05, 4.69) is 10.1 Å². The van der Waals surface area contributed by atoms with E-state index in [0.29, 0.717) is 5.69 Å². The van der Waals surface area contributed by atoms with Crippen LogP contribution in [0.5, 0.6) is 0 Å². The third-order valence-electron chi connectivity index (χ3n) is 4.58. The molecule has 0 aliphatic carbocycles. The summed E-state index contributed by atoms with van der Waals surface area (Å²) in [5.74, 6) is -1.77. The van der Waals surface area contributed by atoms with E-state index in [1.54, 1.807) is 36.4 Å². The molecule has 0 fully saturated rings. The van der Waals surface area contributed by atoms with Gasteiger partial charge in [-0.25, -0.2) is 17.6 Å².